The molecule has 4 heteroatoms. The highest BCUT2D eigenvalue weighted by Gasteiger charge is 2.34. The number of benzene rings is 2. The Bertz CT molecular complexity index is 840. The van der Waals surface area contributed by atoms with Crippen molar-refractivity contribution in [2.75, 3.05) is 11.9 Å². The van der Waals surface area contributed by atoms with E-state index in [4.69, 9.17) is 0 Å². The summed E-state index contributed by atoms with van der Waals surface area (Å²) in [6, 6.07) is 13.5. The first-order valence-electron chi connectivity index (χ1n) is 9.06. The van der Waals surface area contributed by atoms with E-state index in [0.717, 1.165) is 17.5 Å². The number of carbonyl (C=O) groups is 1. The van der Waals surface area contributed by atoms with Gasteiger partial charge in [0.15, 0.2) is 0 Å². The Morgan fingerprint density at radius 1 is 1.27 bits per heavy atom. The summed E-state index contributed by atoms with van der Waals surface area (Å²) in [6.07, 6.45) is 2.85. The number of fused-ring (bicyclic) bond motifs is 1. The number of hydrogen-bond acceptors (Lipinski definition) is 3. The lowest BCUT2D eigenvalue weighted by atomic mass is 9.79. The van der Waals surface area contributed by atoms with Crippen LogP contribution in [-0.2, 0) is 0 Å². The van der Waals surface area contributed by atoms with Crippen LogP contribution in [0.5, 0.6) is 0 Å². The van der Waals surface area contributed by atoms with E-state index < -0.39 is 0 Å². The molecule has 1 unspecified atom stereocenters. The van der Waals surface area contributed by atoms with Crippen LogP contribution in [0.2, 0.25) is 0 Å². The Hall–Kier alpha value is -2.62. The van der Waals surface area contributed by atoms with Crippen molar-refractivity contribution in [3.05, 3.63) is 64.7 Å². The molecule has 3 rings (SSSR count). The summed E-state index contributed by atoms with van der Waals surface area (Å²) in [5, 5.41) is 4.16. The van der Waals surface area contributed by atoms with Gasteiger partial charge in [-0.2, -0.15) is 5.10 Å². The zero-order chi connectivity index (χ0) is 18.9. The second kappa shape index (κ2) is 6.94. The molecule has 1 heterocycles. The van der Waals surface area contributed by atoms with Crippen LogP contribution in [0.15, 0.2) is 47.6 Å². The van der Waals surface area contributed by atoms with Crippen LogP contribution in [0.4, 0.5) is 5.69 Å². The van der Waals surface area contributed by atoms with Crippen LogP contribution >= 0.6 is 0 Å². The van der Waals surface area contributed by atoms with Gasteiger partial charge in [-0.3, -0.25) is 4.79 Å². The minimum atomic E-state index is -0.202. The largest absolute Gasteiger partial charge is 0.369 e. The summed E-state index contributed by atoms with van der Waals surface area (Å²) in [7, 11) is 2.16. The molecule has 0 aliphatic carbocycles. The first-order valence-corrected chi connectivity index (χ1v) is 9.06. The van der Waals surface area contributed by atoms with Gasteiger partial charge in [-0.05, 0) is 74.1 Å². The van der Waals surface area contributed by atoms with Crippen molar-refractivity contribution in [2.24, 2.45) is 5.10 Å². The molecule has 1 amide bonds. The fourth-order valence-corrected chi connectivity index (χ4v) is 3.69. The van der Waals surface area contributed by atoms with Crippen molar-refractivity contribution < 1.29 is 4.79 Å². The highest BCUT2D eigenvalue weighted by atomic mass is 16.2. The van der Waals surface area contributed by atoms with Crippen molar-refractivity contribution in [1.82, 2.24) is 5.43 Å². The number of hydrogen-bond donors (Lipinski definition) is 1. The van der Waals surface area contributed by atoms with E-state index in [2.05, 4.69) is 62.3 Å². The molecule has 1 aliphatic rings. The molecule has 0 fully saturated rings. The normalized spacial score (nSPS) is 18.7. The highest BCUT2D eigenvalue weighted by molar-refractivity contribution is 5.95. The molecule has 0 saturated heterocycles. The summed E-state index contributed by atoms with van der Waals surface area (Å²) < 4.78 is 0. The summed E-state index contributed by atoms with van der Waals surface area (Å²) in [5.74, 6) is 0.287. The molecule has 2 aromatic carbocycles. The average molecular weight is 349 g/mol. The summed E-state index contributed by atoms with van der Waals surface area (Å²) >= 11 is 0. The van der Waals surface area contributed by atoms with Crippen LogP contribution in [-0.4, -0.2) is 24.7 Å². The number of hydrazone groups is 1. The van der Waals surface area contributed by atoms with Gasteiger partial charge in [0.1, 0.15) is 0 Å². The van der Waals surface area contributed by atoms with E-state index >= 15 is 0 Å². The van der Waals surface area contributed by atoms with Crippen molar-refractivity contribution in [1.29, 1.82) is 0 Å². The maximum atomic E-state index is 12.1. The molecule has 0 radical (unpaired) electrons. The lowest BCUT2D eigenvalue weighted by Crippen LogP contribution is -2.45. The Balaban J connectivity index is 1.82. The van der Waals surface area contributed by atoms with Gasteiger partial charge in [-0.15, -0.1) is 0 Å². The monoisotopic (exact) mass is 349 g/mol. The maximum Gasteiger partial charge on any atom is 0.271 e. The van der Waals surface area contributed by atoms with Crippen LogP contribution in [0.3, 0.4) is 0 Å². The topological polar surface area (TPSA) is 44.7 Å². The first-order chi connectivity index (χ1) is 12.3. The molecule has 4 nitrogen and oxygen atoms in total. The minimum Gasteiger partial charge on any atom is -0.369 e. The highest BCUT2D eigenvalue weighted by Crippen LogP contribution is 2.43. The number of anilines is 1. The van der Waals surface area contributed by atoms with Crippen molar-refractivity contribution in [2.45, 2.75) is 45.6 Å². The van der Waals surface area contributed by atoms with Crippen LogP contribution in [0.25, 0.3) is 0 Å². The van der Waals surface area contributed by atoms with Crippen molar-refractivity contribution in [3.63, 3.8) is 0 Å². The molecular formula is C22H27N3O. The van der Waals surface area contributed by atoms with Crippen LogP contribution < -0.4 is 10.3 Å². The molecule has 1 atom stereocenters. The van der Waals surface area contributed by atoms with E-state index in [1.807, 2.05) is 18.2 Å². The molecule has 26 heavy (non-hydrogen) atoms. The lowest BCUT2D eigenvalue weighted by molar-refractivity contribution is 0.0955. The number of carbonyl (C=O) groups excluding carboxylic acids is 1. The smallest absolute Gasteiger partial charge is 0.271 e. The Morgan fingerprint density at radius 3 is 2.65 bits per heavy atom. The molecule has 0 saturated carbocycles. The second-order valence-corrected chi connectivity index (χ2v) is 7.81. The van der Waals surface area contributed by atoms with E-state index in [1.165, 1.54) is 11.3 Å². The Kier molecular flexibility index (Phi) is 4.86. The number of nitrogens with one attached hydrogen (secondary N) is 1. The van der Waals surface area contributed by atoms with E-state index in [9.17, 15) is 4.79 Å². The van der Waals surface area contributed by atoms with Crippen molar-refractivity contribution in [3.8, 4) is 0 Å². The van der Waals surface area contributed by atoms with Crippen LogP contribution in [0, 0.1) is 6.92 Å². The average Bonchev–Trinajstić information content (AvgIpc) is 2.61. The second-order valence-electron chi connectivity index (χ2n) is 7.81. The van der Waals surface area contributed by atoms with Crippen LogP contribution in [0.1, 0.15) is 60.2 Å². The zero-order valence-electron chi connectivity index (χ0n) is 16.2. The van der Waals surface area contributed by atoms with Crippen molar-refractivity contribution >= 4 is 17.8 Å². The number of aryl methyl sites for hydroxylation is 1. The Labute approximate surface area is 155 Å². The third-order valence-electron chi connectivity index (χ3n) is 5.43. The molecular weight excluding hydrogens is 322 g/mol. The van der Waals surface area contributed by atoms with Gasteiger partial charge >= 0.3 is 0 Å². The van der Waals surface area contributed by atoms with E-state index in [1.54, 1.807) is 18.3 Å². The van der Waals surface area contributed by atoms with E-state index in [-0.39, 0.29) is 11.4 Å². The minimum absolute atomic E-state index is 0.151. The van der Waals surface area contributed by atoms with Gasteiger partial charge in [-0.25, -0.2) is 5.43 Å². The summed E-state index contributed by atoms with van der Waals surface area (Å²) in [6.45, 7) is 8.94. The molecule has 136 valence electrons. The predicted octanol–water partition coefficient (Wildman–Crippen LogP) is 4.48. The first kappa shape index (κ1) is 18.2. The summed E-state index contributed by atoms with van der Waals surface area (Å²) in [4.78, 5) is 14.5. The Morgan fingerprint density at radius 2 is 1.96 bits per heavy atom. The number of rotatable bonds is 3. The fraction of sp³-hybridized carbons (Fsp3) is 0.364. The van der Waals surface area contributed by atoms with Gasteiger partial charge in [0.05, 0.1) is 6.21 Å². The lowest BCUT2D eigenvalue weighted by Gasteiger charge is -2.45. The maximum absolute atomic E-state index is 12.1. The fourth-order valence-electron chi connectivity index (χ4n) is 3.69. The third-order valence-corrected chi connectivity index (χ3v) is 5.43. The quantitative estimate of drug-likeness (QED) is 0.656. The van der Waals surface area contributed by atoms with Gasteiger partial charge in [0.25, 0.3) is 5.91 Å². The molecule has 1 aliphatic heterocycles. The van der Waals surface area contributed by atoms with Gasteiger partial charge in [-0.1, -0.05) is 25.1 Å². The molecule has 1 N–H and O–H groups in total. The molecule has 2 aromatic rings. The number of amides is 1. The third kappa shape index (κ3) is 3.50. The zero-order valence-corrected chi connectivity index (χ0v) is 16.2. The predicted molar refractivity (Wildman–Crippen MR) is 108 cm³/mol. The van der Waals surface area contributed by atoms with Gasteiger partial charge in [0, 0.05) is 23.8 Å². The molecule has 0 aromatic heterocycles. The molecule has 0 bridgehead atoms. The van der Waals surface area contributed by atoms with Gasteiger partial charge < -0.3 is 4.90 Å². The van der Waals surface area contributed by atoms with Gasteiger partial charge in [0.2, 0.25) is 0 Å². The SMILES string of the molecule is Cc1cc2c(cc1/C=N/NC(=O)c1ccccc1)C(C)CC(C)(C)N2C. The summed E-state index contributed by atoms with van der Waals surface area (Å²) in [5.41, 5.74) is 8.18. The number of nitrogens with zero attached hydrogens (tertiary/aromatic N) is 2. The van der Waals surface area contributed by atoms with E-state index in [0.29, 0.717) is 11.5 Å². The standard InChI is InChI=1S/C22H27N3O/c1-15-11-20-19(16(2)13-22(3,4)25(20)5)12-18(15)14-23-24-21(26)17-9-7-6-8-10-17/h6-12,14,16H,13H2,1-5H3,(H,24,26)/b23-14+. The molecule has 0 spiro atoms.